The van der Waals surface area contributed by atoms with Crippen molar-refractivity contribution in [2.75, 3.05) is 14.2 Å². The molecule has 1 aromatic carbocycles. The predicted octanol–water partition coefficient (Wildman–Crippen LogP) is 3.82. The highest BCUT2D eigenvalue weighted by Gasteiger charge is 2.10. The number of nitrogens with one attached hydrogen (secondary N) is 1. The third-order valence-corrected chi connectivity index (χ3v) is 4.05. The molecule has 1 aromatic heterocycles. The number of hydrogen-bond donors (Lipinski definition) is 1. The van der Waals surface area contributed by atoms with Gasteiger partial charge in [-0.05, 0) is 56.0 Å². The summed E-state index contributed by atoms with van der Waals surface area (Å²) < 4.78 is 11.5. The van der Waals surface area contributed by atoms with Gasteiger partial charge in [-0.15, -0.1) is 0 Å². The Balaban J connectivity index is 2.02. The molecular weight excluding hydrogens is 326 g/mol. The van der Waals surface area contributed by atoms with Crippen molar-refractivity contribution in [2.45, 2.75) is 13.1 Å². The van der Waals surface area contributed by atoms with Gasteiger partial charge in [0.2, 0.25) is 0 Å². The van der Waals surface area contributed by atoms with Gasteiger partial charge in [-0.3, -0.25) is 0 Å². The zero-order valence-corrected chi connectivity index (χ0v) is 13.3. The van der Waals surface area contributed by atoms with Crippen molar-refractivity contribution < 1.29 is 9.47 Å². The Hall–Kier alpha value is -1.04. The van der Waals surface area contributed by atoms with E-state index >= 15 is 0 Å². The molecule has 0 bridgehead atoms. The third-order valence-electron chi connectivity index (χ3n) is 2.73. The number of halogens is 1. The van der Waals surface area contributed by atoms with E-state index in [1.165, 1.54) is 5.56 Å². The average molecular weight is 342 g/mol. The Kier molecular flexibility index (Phi) is 5.24. The van der Waals surface area contributed by atoms with E-state index in [4.69, 9.17) is 9.47 Å². The first kappa shape index (κ1) is 14.4. The Morgan fingerprint density at radius 1 is 1.16 bits per heavy atom. The highest BCUT2D eigenvalue weighted by molar-refractivity contribution is 9.10. The van der Waals surface area contributed by atoms with Gasteiger partial charge in [0, 0.05) is 13.1 Å². The molecule has 0 amide bonds. The molecular formula is C14H16BrNO2S. The smallest absolute Gasteiger partial charge is 0.174 e. The van der Waals surface area contributed by atoms with E-state index in [-0.39, 0.29) is 0 Å². The normalized spacial score (nSPS) is 10.5. The molecule has 0 unspecified atom stereocenters. The quantitative estimate of drug-likeness (QED) is 0.866. The minimum absolute atomic E-state index is 0.726. The van der Waals surface area contributed by atoms with Crippen LogP contribution in [-0.4, -0.2) is 14.2 Å². The molecule has 19 heavy (non-hydrogen) atoms. The lowest BCUT2D eigenvalue weighted by Crippen LogP contribution is -2.12. The van der Waals surface area contributed by atoms with Crippen LogP contribution in [0.4, 0.5) is 0 Å². The van der Waals surface area contributed by atoms with Crippen molar-refractivity contribution >= 4 is 27.3 Å². The lowest BCUT2D eigenvalue weighted by atomic mass is 10.2. The molecule has 0 fully saturated rings. The monoisotopic (exact) mass is 341 g/mol. The van der Waals surface area contributed by atoms with Gasteiger partial charge in [-0.25, -0.2) is 0 Å². The summed E-state index contributed by atoms with van der Waals surface area (Å²) in [7, 11) is 3.28. The summed E-state index contributed by atoms with van der Waals surface area (Å²) in [5.41, 5.74) is 2.46. The van der Waals surface area contributed by atoms with Crippen LogP contribution in [0.25, 0.3) is 0 Å². The van der Waals surface area contributed by atoms with Gasteiger partial charge < -0.3 is 14.8 Å². The first-order chi connectivity index (χ1) is 9.24. The van der Waals surface area contributed by atoms with Crippen LogP contribution in [0.1, 0.15) is 11.1 Å². The van der Waals surface area contributed by atoms with E-state index in [1.54, 1.807) is 25.6 Å². The fraction of sp³-hybridized carbons (Fsp3) is 0.286. The Labute approximate surface area is 125 Å². The van der Waals surface area contributed by atoms with E-state index in [0.717, 1.165) is 34.6 Å². The molecule has 1 heterocycles. The Morgan fingerprint density at radius 2 is 1.95 bits per heavy atom. The zero-order chi connectivity index (χ0) is 13.7. The van der Waals surface area contributed by atoms with E-state index in [0.29, 0.717) is 0 Å². The second kappa shape index (κ2) is 6.93. The Bertz CT molecular complexity index is 528. The van der Waals surface area contributed by atoms with Gasteiger partial charge in [0.1, 0.15) is 0 Å². The predicted molar refractivity (Wildman–Crippen MR) is 82.1 cm³/mol. The molecule has 0 saturated carbocycles. The summed E-state index contributed by atoms with van der Waals surface area (Å²) in [6, 6.07) is 6.16. The van der Waals surface area contributed by atoms with E-state index in [9.17, 15) is 0 Å². The molecule has 0 aliphatic carbocycles. The first-order valence-electron chi connectivity index (χ1n) is 5.86. The molecule has 2 aromatic rings. The first-order valence-corrected chi connectivity index (χ1v) is 7.60. The maximum Gasteiger partial charge on any atom is 0.174 e. The van der Waals surface area contributed by atoms with Crippen molar-refractivity contribution in [1.29, 1.82) is 0 Å². The molecule has 0 aliphatic heterocycles. The van der Waals surface area contributed by atoms with E-state index < -0.39 is 0 Å². The minimum Gasteiger partial charge on any atom is -0.493 e. The van der Waals surface area contributed by atoms with Gasteiger partial charge in [-0.2, -0.15) is 11.3 Å². The van der Waals surface area contributed by atoms with Crippen LogP contribution in [-0.2, 0) is 13.1 Å². The fourth-order valence-corrected chi connectivity index (χ4v) is 3.14. The van der Waals surface area contributed by atoms with Crippen LogP contribution in [0, 0.1) is 0 Å². The lowest BCUT2D eigenvalue weighted by molar-refractivity contribution is 0.352. The van der Waals surface area contributed by atoms with Crippen molar-refractivity contribution in [3.63, 3.8) is 0 Å². The summed E-state index contributed by atoms with van der Waals surface area (Å²) in [6.45, 7) is 1.66. The van der Waals surface area contributed by atoms with Crippen molar-refractivity contribution in [1.82, 2.24) is 5.32 Å². The lowest BCUT2D eigenvalue weighted by Gasteiger charge is -2.12. The third kappa shape index (κ3) is 3.72. The molecule has 3 nitrogen and oxygen atoms in total. The number of methoxy groups -OCH3 is 2. The van der Waals surface area contributed by atoms with Gasteiger partial charge in [0.25, 0.3) is 0 Å². The maximum absolute atomic E-state index is 5.33. The van der Waals surface area contributed by atoms with Gasteiger partial charge in [-0.1, -0.05) is 0 Å². The minimum atomic E-state index is 0.726. The summed E-state index contributed by atoms with van der Waals surface area (Å²) >= 11 is 5.21. The van der Waals surface area contributed by atoms with Crippen molar-refractivity contribution in [3.05, 3.63) is 44.6 Å². The highest BCUT2D eigenvalue weighted by atomic mass is 79.9. The summed E-state index contributed by atoms with van der Waals surface area (Å²) in [5, 5.41) is 7.65. The van der Waals surface area contributed by atoms with Crippen LogP contribution in [0.5, 0.6) is 11.5 Å². The van der Waals surface area contributed by atoms with Crippen LogP contribution >= 0.6 is 27.3 Å². The SMILES string of the molecule is COc1cc(CNCc2ccsc2)cc(Br)c1OC. The molecule has 102 valence electrons. The topological polar surface area (TPSA) is 30.5 Å². The summed E-state index contributed by atoms with van der Waals surface area (Å²) in [5.74, 6) is 1.47. The van der Waals surface area contributed by atoms with E-state index in [1.807, 2.05) is 12.1 Å². The molecule has 0 saturated heterocycles. The van der Waals surface area contributed by atoms with Crippen LogP contribution < -0.4 is 14.8 Å². The molecule has 0 aliphatic rings. The maximum atomic E-state index is 5.33. The fourth-order valence-electron chi connectivity index (χ4n) is 1.82. The largest absolute Gasteiger partial charge is 0.493 e. The Morgan fingerprint density at radius 3 is 2.58 bits per heavy atom. The standard InChI is InChI=1S/C14H16BrNO2S/c1-17-13-6-11(5-12(15)14(13)18-2)8-16-7-10-3-4-19-9-10/h3-6,9,16H,7-8H2,1-2H3. The second-order valence-electron chi connectivity index (χ2n) is 4.05. The van der Waals surface area contributed by atoms with Crippen LogP contribution in [0.15, 0.2) is 33.4 Å². The molecule has 5 heteroatoms. The zero-order valence-electron chi connectivity index (χ0n) is 10.9. The molecule has 0 atom stereocenters. The van der Waals surface area contributed by atoms with Crippen molar-refractivity contribution in [3.8, 4) is 11.5 Å². The second-order valence-corrected chi connectivity index (χ2v) is 5.68. The number of thiophene rings is 1. The van der Waals surface area contributed by atoms with E-state index in [2.05, 4.69) is 38.1 Å². The number of ether oxygens (including phenoxy) is 2. The molecule has 0 radical (unpaired) electrons. The summed E-state index contributed by atoms with van der Waals surface area (Å²) in [4.78, 5) is 0. The number of rotatable bonds is 6. The van der Waals surface area contributed by atoms with Gasteiger partial charge in [0.05, 0.1) is 18.7 Å². The molecule has 2 rings (SSSR count). The van der Waals surface area contributed by atoms with Crippen LogP contribution in [0.3, 0.4) is 0 Å². The van der Waals surface area contributed by atoms with Gasteiger partial charge >= 0.3 is 0 Å². The average Bonchev–Trinajstić information content (AvgIpc) is 2.91. The molecule has 1 N–H and O–H groups in total. The molecule has 0 spiro atoms. The highest BCUT2D eigenvalue weighted by Crippen LogP contribution is 2.36. The summed E-state index contributed by atoms with van der Waals surface area (Å²) in [6.07, 6.45) is 0. The van der Waals surface area contributed by atoms with Gasteiger partial charge in [0.15, 0.2) is 11.5 Å². The number of hydrogen-bond acceptors (Lipinski definition) is 4. The van der Waals surface area contributed by atoms with Crippen molar-refractivity contribution in [2.24, 2.45) is 0 Å². The van der Waals surface area contributed by atoms with Crippen LogP contribution in [0.2, 0.25) is 0 Å². The number of benzene rings is 1.